The molecule has 1 aliphatic rings. The molecule has 1 fully saturated rings. The lowest BCUT2D eigenvalue weighted by atomic mass is 10.00. The largest absolute Gasteiger partial charge is 0.432 e. The van der Waals surface area contributed by atoms with E-state index in [-0.39, 0.29) is 23.6 Å². The molecule has 3 aromatic carbocycles. The number of rotatable bonds is 5. The maximum atomic E-state index is 14.8. The van der Waals surface area contributed by atoms with Gasteiger partial charge in [-0.15, -0.1) is 0 Å². The standard InChI is InChI=1S/C25H17F9O3/c1-12-10-35-23(36-11-12)13-2-4-16(18(26)6-13)14-7-20(28)22(21(29)8-14)25(33,34)37-15-3-5-17(19(27)9-15)24(30,31)32/h2-9,12,23H,10-11H2,1H3. The Kier molecular flexibility index (Phi) is 7.17. The van der Waals surface area contributed by atoms with Crippen LogP contribution in [0.3, 0.4) is 0 Å². The Hall–Kier alpha value is -3.25. The molecule has 0 atom stereocenters. The topological polar surface area (TPSA) is 27.7 Å². The minimum absolute atomic E-state index is 0.0121. The highest BCUT2D eigenvalue weighted by Crippen LogP contribution is 2.39. The van der Waals surface area contributed by atoms with Crippen molar-refractivity contribution in [1.82, 2.24) is 0 Å². The van der Waals surface area contributed by atoms with Crippen LogP contribution in [0.4, 0.5) is 39.5 Å². The summed E-state index contributed by atoms with van der Waals surface area (Å²) in [6.07, 6.45) is -10.7. The summed E-state index contributed by atoms with van der Waals surface area (Å²) in [7, 11) is 0. The number of hydrogen-bond donors (Lipinski definition) is 0. The van der Waals surface area contributed by atoms with Gasteiger partial charge in [0.05, 0.1) is 18.8 Å². The Morgan fingerprint density at radius 1 is 0.757 bits per heavy atom. The van der Waals surface area contributed by atoms with E-state index < -0.39 is 64.3 Å². The SMILES string of the molecule is CC1COC(c2ccc(-c3cc(F)c(C(F)(F)Oc4ccc(C(F)(F)F)c(F)c4)c(F)c3)c(F)c2)OC1. The first-order valence-electron chi connectivity index (χ1n) is 10.7. The van der Waals surface area contributed by atoms with E-state index in [0.717, 1.165) is 6.07 Å². The molecule has 0 radical (unpaired) electrons. The van der Waals surface area contributed by atoms with Crippen LogP contribution in [0.5, 0.6) is 5.75 Å². The number of alkyl halides is 5. The van der Waals surface area contributed by atoms with Crippen molar-refractivity contribution in [3.63, 3.8) is 0 Å². The summed E-state index contributed by atoms with van der Waals surface area (Å²) in [5, 5.41) is 0. The summed E-state index contributed by atoms with van der Waals surface area (Å²) in [5.74, 6) is -7.48. The van der Waals surface area contributed by atoms with Gasteiger partial charge in [-0.25, -0.2) is 17.6 Å². The molecular formula is C25H17F9O3. The fourth-order valence-electron chi connectivity index (χ4n) is 3.70. The maximum Gasteiger partial charge on any atom is 0.432 e. The van der Waals surface area contributed by atoms with E-state index in [9.17, 15) is 39.5 Å². The lowest BCUT2D eigenvalue weighted by Crippen LogP contribution is -2.25. The second kappa shape index (κ2) is 9.90. The van der Waals surface area contributed by atoms with Gasteiger partial charge in [-0.2, -0.15) is 22.0 Å². The van der Waals surface area contributed by atoms with E-state index in [4.69, 9.17) is 9.47 Å². The predicted octanol–water partition coefficient (Wildman–Crippen LogP) is 7.74. The zero-order chi connectivity index (χ0) is 27.1. The molecule has 3 aromatic rings. The number of ether oxygens (including phenoxy) is 3. The van der Waals surface area contributed by atoms with Crippen molar-refractivity contribution in [3.8, 4) is 16.9 Å². The van der Waals surface area contributed by atoms with Crippen LogP contribution in [0, 0.1) is 29.2 Å². The average molecular weight is 536 g/mol. The third-order valence-electron chi connectivity index (χ3n) is 5.47. The molecule has 0 unspecified atom stereocenters. The van der Waals surface area contributed by atoms with E-state index in [2.05, 4.69) is 4.74 Å². The van der Waals surface area contributed by atoms with Gasteiger partial charge in [0.25, 0.3) is 0 Å². The second-order valence-electron chi connectivity index (χ2n) is 8.42. The lowest BCUT2D eigenvalue weighted by Gasteiger charge is -2.27. The molecule has 3 nitrogen and oxygen atoms in total. The Bertz CT molecular complexity index is 1280. The summed E-state index contributed by atoms with van der Waals surface area (Å²) in [6, 6.07) is 5.00. The Morgan fingerprint density at radius 2 is 1.38 bits per heavy atom. The molecule has 1 aliphatic heterocycles. The van der Waals surface area contributed by atoms with Crippen molar-refractivity contribution in [3.05, 3.63) is 88.5 Å². The maximum absolute atomic E-state index is 14.8. The average Bonchev–Trinajstić information content (AvgIpc) is 2.77. The van der Waals surface area contributed by atoms with Crippen LogP contribution in [0.1, 0.15) is 29.9 Å². The first-order valence-corrected chi connectivity index (χ1v) is 10.7. The van der Waals surface area contributed by atoms with Gasteiger partial charge in [0.15, 0.2) is 6.29 Å². The molecule has 1 saturated heterocycles. The summed E-state index contributed by atoms with van der Waals surface area (Å²) >= 11 is 0. The van der Waals surface area contributed by atoms with Crippen LogP contribution in [-0.2, 0) is 21.8 Å². The molecule has 0 aliphatic carbocycles. The number of hydrogen-bond acceptors (Lipinski definition) is 3. The third-order valence-corrected chi connectivity index (χ3v) is 5.47. The van der Waals surface area contributed by atoms with Crippen molar-refractivity contribution in [2.24, 2.45) is 5.92 Å². The molecule has 0 N–H and O–H groups in total. The van der Waals surface area contributed by atoms with Gasteiger partial charge < -0.3 is 14.2 Å². The van der Waals surface area contributed by atoms with Gasteiger partial charge in [0, 0.05) is 23.1 Å². The van der Waals surface area contributed by atoms with Crippen molar-refractivity contribution in [2.75, 3.05) is 13.2 Å². The van der Waals surface area contributed by atoms with E-state index in [1.54, 1.807) is 0 Å². The zero-order valence-corrected chi connectivity index (χ0v) is 18.8. The van der Waals surface area contributed by atoms with E-state index >= 15 is 0 Å². The minimum atomic E-state index is -5.10. The van der Waals surface area contributed by atoms with Crippen molar-refractivity contribution >= 4 is 0 Å². The van der Waals surface area contributed by atoms with Crippen LogP contribution in [-0.4, -0.2) is 13.2 Å². The van der Waals surface area contributed by atoms with Gasteiger partial charge in [-0.1, -0.05) is 19.1 Å². The Balaban J connectivity index is 1.60. The molecule has 0 bridgehead atoms. The fraction of sp³-hybridized carbons (Fsp3) is 0.280. The highest BCUT2D eigenvalue weighted by Gasteiger charge is 2.42. The first kappa shape index (κ1) is 26.8. The predicted molar refractivity (Wildman–Crippen MR) is 111 cm³/mol. The highest BCUT2D eigenvalue weighted by molar-refractivity contribution is 5.65. The van der Waals surface area contributed by atoms with E-state index in [1.165, 1.54) is 12.1 Å². The lowest BCUT2D eigenvalue weighted by molar-refractivity contribution is -0.202. The molecule has 37 heavy (non-hydrogen) atoms. The summed E-state index contributed by atoms with van der Waals surface area (Å²) < 4.78 is 140. The van der Waals surface area contributed by atoms with Crippen LogP contribution in [0.25, 0.3) is 11.1 Å². The fourth-order valence-corrected chi connectivity index (χ4v) is 3.70. The monoisotopic (exact) mass is 536 g/mol. The molecule has 4 rings (SSSR count). The van der Waals surface area contributed by atoms with Crippen molar-refractivity contribution < 1.29 is 53.7 Å². The smallest absolute Gasteiger partial charge is 0.429 e. The van der Waals surface area contributed by atoms with Gasteiger partial charge in [-0.05, 0) is 35.9 Å². The van der Waals surface area contributed by atoms with Crippen LogP contribution in [0.2, 0.25) is 0 Å². The molecule has 0 spiro atoms. The molecule has 0 amide bonds. The number of halogens is 9. The second-order valence-corrected chi connectivity index (χ2v) is 8.42. The Labute approximate surface area is 204 Å². The van der Waals surface area contributed by atoms with Gasteiger partial charge in [-0.3, -0.25) is 0 Å². The summed E-state index contributed by atoms with van der Waals surface area (Å²) in [4.78, 5) is 0. The summed E-state index contributed by atoms with van der Waals surface area (Å²) in [5.41, 5.74) is -4.07. The van der Waals surface area contributed by atoms with E-state index in [1.807, 2.05) is 6.92 Å². The molecule has 1 heterocycles. The zero-order valence-electron chi connectivity index (χ0n) is 18.8. The minimum Gasteiger partial charge on any atom is -0.429 e. The van der Waals surface area contributed by atoms with Crippen LogP contribution >= 0.6 is 0 Å². The van der Waals surface area contributed by atoms with E-state index in [0.29, 0.717) is 37.0 Å². The molecular weight excluding hydrogens is 519 g/mol. The van der Waals surface area contributed by atoms with Crippen molar-refractivity contribution in [2.45, 2.75) is 25.5 Å². The molecule has 0 saturated carbocycles. The Morgan fingerprint density at radius 3 is 1.92 bits per heavy atom. The van der Waals surface area contributed by atoms with Gasteiger partial charge in [0.1, 0.15) is 34.6 Å². The summed E-state index contributed by atoms with van der Waals surface area (Å²) in [6.45, 7) is 2.64. The van der Waals surface area contributed by atoms with Gasteiger partial charge in [0.2, 0.25) is 0 Å². The quantitative estimate of drug-likeness (QED) is 0.312. The molecule has 0 aromatic heterocycles. The van der Waals surface area contributed by atoms with Gasteiger partial charge >= 0.3 is 12.3 Å². The molecule has 198 valence electrons. The van der Waals surface area contributed by atoms with Crippen LogP contribution < -0.4 is 4.74 Å². The normalized spacial score (nSPS) is 18.6. The first-order chi connectivity index (χ1) is 17.3. The van der Waals surface area contributed by atoms with Crippen molar-refractivity contribution in [1.29, 1.82) is 0 Å². The third kappa shape index (κ3) is 5.69. The van der Waals surface area contributed by atoms with Crippen LogP contribution in [0.15, 0.2) is 48.5 Å². The number of benzene rings is 3. The molecule has 12 heteroatoms. The highest BCUT2D eigenvalue weighted by atomic mass is 19.4.